The number of amides is 1. The van der Waals surface area contributed by atoms with Crippen molar-refractivity contribution in [1.29, 1.82) is 0 Å². The Morgan fingerprint density at radius 2 is 1.79 bits per heavy atom. The maximum atomic E-state index is 12.1. The second-order valence-electron chi connectivity index (χ2n) is 6.38. The second-order valence-corrected chi connectivity index (χ2v) is 7.24. The molecule has 4 rings (SSSR count). The summed E-state index contributed by atoms with van der Waals surface area (Å²) in [6, 6.07) is 19.6. The number of para-hydroxylation sites is 1. The first-order chi connectivity index (χ1) is 13.6. The van der Waals surface area contributed by atoms with Gasteiger partial charge >= 0.3 is 0 Å². The second kappa shape index (κ2) is 7.86. The van der Waals surface area contributed by atoms with Crippen LogP contribution >= 0.6 is 15.9 Å². The highest BCUT2D eigenvalue weighted by molar-refractivity contribution is 9.10. The highest BCUT2D eigenvalue weighted by Crippen LogP contribution is 2.31. The molecule has 0 spiro atoms. The summed E-state index contributed by atoms with van der Waals surface area (Å²) in [5.41, 5.74) is 5.52. The molecule has 0 unspecified atom stereocenters. The molecular weight excluding hydrogens is 418 g/mol. The van der Waals surface area contributed by atoms with E-state index in [1.165, 1.54) is 0 Å². The van der Waals surface area contributed by atoms with Gasteiger partial charge in [-0.1, -0.05) is 58.4 Å². The van der Waals surface area contributed by atoms with Crippen LogP contribution in [0.1, 0.15) is 11.3 Å². The van der Waals surface area contributed by atoms with Crippen molar-refractivity contribution in [3.63, 3.8) is 0 Å². The Morgan fingerprint density at radius 1 is 1.07 bits per heavy atom. The van der Waals surface area contributed by atoms with Crippen molar-refractivity contribution < 1.29 is 9.53 Å². The Bertz CT molecular complexity index is 1200. The molecule has 0 aliphatic carbocycles. The summed E-state index contributed by atoms with van der Waals surface area (Å²) in [7, 11) is 0. The van der Waals surface area contributed by atoms with Crippen molar-refractivity contribution in [1.82, 2.24) is 10.4 Å². The zero-order chi connectivity index (χ0) is 19.5. The zero-order valence-corrected chi connectivity index (χ0v) is 16.8. The Kier molecular flexibility index (Phi) is 5.12. The molecule has 140 valence electrons. The minimum Gasteiger partial charge on any atom is -0.483 e. The van der Waals surface area contributed by atoms with E-state index < -0.39 is 0 Å². The number of hydrazone groups is 1. The summed E-state index contributed by atoms with van der Waals surface area (Å²) in [5.74, 6) is 0.339. The molecule has 1 amide bonds. The molecule has 6 heteroatoms. The van der Waals surface area contributed by atoms with E-state index in [1.807, 2.05) is 67.6 Å². The Labute approximate surface area is 170 Å². The van der Waals surface area contributed by atoms with Gasteiger partial charge < -0.3 is 9.72 Å². The van der Waals surface area contributed by atoms with Crippen molar-refractivity contribution >= 4 is 49.7 Å². The number of nitrogens with zero attached hydrogens (tertiary/aromatic N) is 1. The topological polar surface area (TPSA) is 66.5 Å². The van der Waals surface area contributed by atoms with Gasteiger partial charge in [0.05, 0.1) is 6.21 Å². The minimum absolute atomic E-state index is 0.115. The maximum absolute atomic E-state index is 12.1. The quantitative estimate of drug-likeness (QED) is 0.345. The normalized spacial score (nSPS) is 11.4. The number of nitrogens with one attached hydrogen (secondary N) is 2. The molecule has 1 heterocycles. The van der Waals surface area contributed by atoms with E-state index in [1.54, 1.807) is 6.21 Å². The molecule has 3 aromatic carbocycles. The fourth-order valence-corrected chi connectivity index (χ4v) is 3.65. The average Bonchev–Trinajstić information content (AvgIpc) is 3.03. The van der Waals surface area contributed by atoms with Crippen LogP contribution in [0.3, 0.4) is 0 Å². The number of hydrogen-bond acceptors (Lipinski definition) is 3. The Morgan fingerprint density at radius 3 is 2.61 bits per heavy atom. The van der Waals surface area contributed by atoms with Crippen LogP contribution in [0.2, 0.25) is 0 Å². The molecule has 28 heavy (non-hydrogen) atoms. The van der Waals surface area contributed by atoms with Crippen LogP contribution in [0.5, 0.6) is 5.75 Å². The molecule has 0 bridgehead atoms. The van der Waals surface area contributed by atoms with Crippen LogP contribution < -0.4 is 10.2 Å². The Balaban J connectivity index is 1.42. The summed E-state index contributed by atoms with van der Waals surface area (Å²) in [6.45, 7) is 1.86. The van der Waals surface area contributed by atoms with E-state index in [2.05, 4.69) is 31.4 Å². The molecule has 0 saturated carbocycles. The smallest absolute Gasteiger partial charge is 0.277 e. The summed E-state index contributed by atoms with van der Waals surface area (Å²) in [4.78, 5) is 15.4. The molecule has 0 saturated heterocycles. The van der Waals surface area contributed by atoms with Crippen molar-refractivity contribution in [2.24, 2.45) is 5.10 Å². The number of aryl methyl sites for hydroxylation is 1. The molecule has 0 radical (unpaired) electrons. The zero-order valence-electron chi connectivity index (χ0n) is 15.2. The molecule has 0 aliphatic heterocycles. The number of benzene rings is 3. The van der Waals surface area contributed by atoms with Crippen LogP contribution in [-0.2, 0) is 4.79 Å². The predicted molar refractivity (Wildman–Crippen MR) is 116 cm³/mol. The van der Waals surface area contributed by atoms with E-state index >= 15 is 0 Å². The van der Waals surface area contributed by atoms with Gasteiger partial charge in [-0.25, -0.2) is 5.43 Å². The summed E-state index contributed by atoms with van der Waals surface area (Å²) in [5, 5.41) is 7.13. The van der Waals surface area contributed by atoms with Crippen LogP contribution in [0, 0.1) is 6.92 Å². The van der Waals surface area contributed by atoms with E-state index in [4.69, 9.17) is 4.74 Å². The number of hydrogen-bond donors (Lipinski definition) is 2. The van der Waals surface area contributed by atoms with Gasteiger partial charge in [-0.05, 0) is 30.5 Å². The van der Waals surface area contributed by atoms with Crippen LogP contribution in [0.4, 0.5) is 0 Å². The predicted octanol–water partition coefficient (Wildman–Crippen LogP) is 4.92. The summed E-state index contributed by atoms with van der Waals surface area (Å²) in [6.07, 6.45) is 1.65. The largest absolute Gasteiger partial charge is 0.483 e. The molecule has 0 fully saturated rings. The molecule has 5 nitrogen and oxygen atoms in total. The molecule has 0 aliphatic rings. The minimum atomic E-state index is -0.319. The number of aromatic amines is 1. The molecule has 2 N–H and O–H groups in total. The highest BCUT2D eigenvalue weighted by Gasteiger charge is 2.08. The lowest BCUT2D eigenvalue weighted by Gasteiger charge is -2.09. The molecule has 1 aromatic heterocycles. The van der Waals surface area contributed by atoms with Crippen molar-refractivity contribution in [3.8, 4) is 5.75 Å². The number of halogens is 1. The highest BCUT2D eigenvalue weighted by atomic mass is 79.9. The van der Waals surface area contributed by atoms with Gasteiger partial charge in [0.1, 0.15) is 5.75 Å². The number of aromatic nitrogens is 1. The lowest BCUT2D eigenvalue weighted by atomic mass is 10.1. The van der Waals surface area contributed by atoms with Gasteiger partial charge in [0.2, 0.25) is 0 Å². The van der Waals surface area contributed by atoms with Crippen molar-refractivity contribution in [2.45, 2.75) is 6.92 Å². The van der Waals surface area contributed by atoms with Gasteiger partial charge in [0.15, 0.2) is 6.61 Å². The fraction of sp³-hybridized carbons (Fsp3) is 0.0909. The third-order valence-corrected chi connectivity index (χ3v) is 5.21. The van der Waals surface area contributed by atoms with Crippen molar-refractivity contribution in [2.75, 3.05) is 6.61 Å². The number of H-pyrrole nitrogens is 1. The van der Waals surface area contributed by atoms with E-state index in [0.717, 1.165) is 37.4 Å². The van der Waals surface area contributed by atoms with E-state index in [-0.39, 0.29) is 12.5 Å². The number of fused-ring (bicyclic) bond motifs is 2. The summed E-state index contributed by atoms with van der Waals surface area (Å²) >= 11 is 3.53. The SMILES string of the molecule is Cc1[nH]c2ccccc2c1/C=N/NC(=O)COc1ccc(Br)c2ccccc12. The maximum Gasteiger partial charge on any atom is 0.277 e. The first kappa shape index (κ1) is 18.3. The van der Waals surface area contributed by atoms with E-state index in [9.17, 15) is 4.79 Å². The third kappa shape index (κ3) is 3.64. The van der Waals surface area contributed by atoms with Crippen LogP contribution in [0.15, 0.2) is 70.2 Å². The number of carbonyl (C=O) groups excluding carboxylic acids is 1. The lowest BCUT2D eigenvalue weighted by Crippen LogP contribution is -2.24. The van der Waals surface area contributed by atoms with Crippen LogP contribution in [-0.4, -0.2) is 23.7 Å². The van der Waals surface area contributed by atoms with Gasteiger partial charge in [0.25, 0.3) is 5.91 Å². The first-order valence-electron chi connectivity index (χ1n) is 8.83. The van der Waals surface area contributed by atoms with E-state index in [0.29, 0.717) is 5.75 Å². The van der Waals surface area contributed by atoms with Crippen LogP contribution in [0.25, 0.3) is 21.7 Å². The molecule has 4 aromatic rings. The van der Waals surface area contributed by atoms with Gasteiger partial charge in [-0.3, -0.25) is 4.79 Å². The third-order valence-electron chi connectivity index (χ3n) is 4.52. The standard InChI is InChI=1S/C22H18BrN3O2/c1-14-18(16-7-4-5-9-20(16)25-14)12-24-26-22(27)13-28-21-11-10-19(23)15-6-2-3-8-17(15)21/h2-12,25H,13H2,1H3,(H,26,27)/b24-12+. The molecule has 0 atom stereocenters. The number of carbonyl (C=O) groups is 1. The Hall–Kier alpha value is -3.12. The summed E-state index contributed by atoms with van der Waals surface area (Å²) < 4.78 is 6.69. The first-order valence-corrected chi connectivity index (χ1v) is 9.62. The van der Waals surface area contributed by atoms with Crippen molar-refractivity contribution in [3.05, 3.63) is 76.4 Å². The van der Waals surface area contributed by atoms with Gasteiger partial charge in [-0.2, -0.15) is 5.10 Å². The van der Waals surface area contributed by atoms with Gasteiger partial charge in [-0.15, -0.1) is 0 Å². The number of rotatable bonds is 5. The van der Waals surface area contributed by atoms with Gasteiger partial charge in [0, 0.05) is 32.0 Å². The number of ether oxygens (including phenoxy) is 1. The monoisotopic (exact) mass is 435 g/mol. The fourth-order valence-electron chi connectivity index (χ4n) is 3.17. The average molecular weight is 436 g/mol. The lowest BCUT2D eigenvalue weighted by molar-refractivity contribution is -0.123. The molecular formula is C22H18BrN3O2.